The van der Waals surface area contributed by atoms with Crippen molar-refractivity contribution in [3.8, 4) is 11.5 Å². The van der Waals surface area contributed by atoms with Crippen molar-refractivity contribution in [3.05, 3.63) is 52.6 Å². The van der Waals surface area contributed by atoms with E-state index in [0.717, 1.165) is 32.5 Å². The highest BCUT2D eigenvalue weighted by Crippen LogP contribution is 2.34. The highest BCUT2D eigenvalue weighted by Gasteiger charge is 2.33. The maximum absolute atomic E-state index is 13.2. The van der Waals surface area contributed by atoms with E-state index in [1.54, 1.807) is 12.1 Å². The first-order chi connectivity index (χ1) is 16.0. The Bertz CT molecular complexity index is 1080. The minimum atomic E-state index is -0.0399. The van der Waals surface area contributed by atoms with Crippen LogP contribution in [0.4, 0.5) is 5.69 Å². The number of rotatable bonds is 5. The van der Waals surface area contributed by atoms with Gasteiger partial charge in [0.2, 0.25) is 18.6 Å². The molecule has 2 aromatic carbocycles. The minimum absolute atomic E-state index is 0.0232. The van der Waals surface area contributed by atoms with Crippen molar-refractivity contribution in [2.24, 2.45) is 5.92 Å². The van der Waals surface area contributed by atoms with Crippen molar-refractivity contribution < 1.29 is 19.1 Å². The van der Waals surface area contributed by atoms with E-state index in [-0.39, 0.29) is 24.5 Å². The summed E-state index contributed by atoms with van der Waals surface area (Å²) in [6, 6.07) is 9.91. The van der Waals surface area contributed by atoms with Crippen LogP contribution in [0.1, 0.15) is 35.1 Å². The van der Waals surface area contributed by atoms with Gasteiger partial charge in [-0.15, -0.1) is 0 Å². The Balaban J connectivity index is 1.10. The smallest absolute Gasteiger partial charge is 0.231 e. The number of hydrogen-bond acceptors (Lipinski definition) is 5. The second kappa shape index (κ2) is 9.06. The molecule has 0 radical (unpaired) electrons. The van der Waals surface area contributed by atoms with Gasteiger partial charge in [0.15, 0.2) is 11.5 Å². The number of likely N-dealkylation sites (tertiary alicyclic amines) is 1. The molecule has 7 heteroatoms. The number of amides is 2. The van der Waals surface area contributed by atoms with Crippen molar-refractivity contribution in [3.63, 3.8) is 0 Å². The maximum atomic E-state index is 13.2. The monoisotopic (exact) mass is 449 g/mol. The van der Waals surface area contributed by atoms with Gasteiger partial charge in [-0.3, -0.25) is 9.59 Å². The number of nitrogens with zero attached hydrogens (tertiary/aromatic N) is 2. The van der Waals surface area contributed by atoms with E-state index >= 15 is 0 Å². The maximum Gasteiger partial charge on any atom is 0.231 e. The molecule has 0 aliphatic carbocycles. The SMILES string of the molecule is Cc1cc2c(cc1C)CN(C(=O)[C@@H]1CCN(CCC(=O)Nc3ccc4c(c3)OCO4)C1)CC2. The standard InChI is InChI=1S/C26H31N3O4/c1-17-11-19-6-10-29(15-21(19)12-18(17)2)26(31)20-5-8-28(14-20)9-7-25(30)27-22-3-4-23-24(13-22)33-16-32-23/h3-4,11-13,20H,5-10,14-16H2,1-2H3,(H,27,30)/t20-/m1/s1. The first-order valence-electron chi connectivity index (χ1n) is 11.8. The summed E-state index contributed by atoms with van der Waals surface area (Å²) in [4.78, 5) is 29.8. The van der Waals surface area contributed by atoms with Crippen molar-refractivity contribution in [2.75, 3.05) is 38.3 Å². The fourth-order valence-electron chi connectivity index (χ4n) is 5.00. The van der Waals surface area contributed by atoms with Gasteiger partial charge in [0.25, 0.3) is 0 Å². The van der Waals surface area contributed by atoms with Gasteiger partial charge in [0.05, 0.1) is 5.92 Å². The molecule has 1 saturated heterocycles. The molecule has 1 atom stereocenters. The van der Waals surface area contributed by atoms with Gasteiger partial charge in [0.1, 0.15) is 0 Å². The summed E-state index contributed by atoms with van der Waals surface area (Å²) in [5, 5.41) is 2.92. The molecule has 0 unspecified atom stereocenters. The van der Waals surface area contributed by atoms with Gasteiger partial charge in [-0.25, -0.2) is 0 Å². The lowest BCUT2D eigenvalue weighted by atomic mass is 9.94. The molecule has 0 spiro atoms. The minimum Gasteiger partial charge on any atom is -0.454 e. The zero-order valence-corrected chi connectivity index (χ0v) is 19.4. The molecule has 5 rings (SSSR count). The van der Waals surface area contributed by atoms with E-state index in [1.165, 1.54) is 22.3 Å². The highest BCUT2D eigenvalue weighted by molar-refractivity contribution is 5.91. The molecule has 1 N–H and O–H groups in total. The second-order valence-electron chi connectivity index (χ2n) is 9.37. The number of fused-ring (bicyclic) bond motifs is 2. The largest absolute Gasteiger partial charge is 0.454 e. The number of anilines is 1. The first-order valence-corrected chi connectivity index (χ1v) is 11.8. The molecule has 2 aromatic rings. The molecule has 7 nitrogen and oxygen atoms in total. The summed E-state index contributed by atoms with van der Waals surface area (Å²) in [5.41, 5.74) is 5.97. The topological polar surface area (TPSA) is 71.1 Å². The van der Waals surface area contributed by atoms with Crippen molar-refractivity contribution in [1.82, 2.24) is 9.80 Å². The van der Waals surface area contributed by atoms with Gasteiger partial charge in [-0.05, 0) is 67.6 Å². The van der Waals surface area contributed by atoms with Crippen LogP contribution < -0.4 is 14.8 Å². The van der Waals surface area contributed by atoms with E-state index in [0.29, 0.717) is 36.7 Å². The van der Waals surface area contributed by atoms with E-state index in [9.17, 15) is 9.59 Å². The van der Waals surface area contributed by atoms with Crippen LogP contribution in [0.5, 0.6) is 11.5 Å². The fraction of sp³-hybridized carbons (Fsp3) is 0.462. The molecule has 1 fully saturated rings. The number of carbonyl (C=O) groups is 2. The molecule has 174 valence electrons. The van der Waals surface area contributed by atoms with Crippen LogP contribution in [0.2, 0.25) is 0 Å². The molecule has 3 aliphatic heterocycles. The quantitative estimate of drug-likeness (QED) is 0.759. The number of aryl methyl sites for hydroxylation is 2. The molecule has 0 aromatic heterocycles. The summed E-state index contributed by atoms with van der Waals surface area (Å²) < 4.78 is 10.7. The van der Waals surface area contributed by atoms with E-state index < -0.39 is 0 Å². The van der Waals surface area contributed by atoms with Crippen LogP contribution in [0.25, 0.3) is 0 Å². The summed E-state index contributed by atoms with van der Waals surface area (Å²) >= 11 is 0. The van der Waals surface area contributed by atoms with Gasteiger partial charge in [0, 0.05) is 44.4 Å². The third-order valence-electron chi connectivity index (χ3n) is 7.07. The molecular weight excluding hydrogens is 418 g/mol. The normalized spacial score (nSPS) is 19.5. The van der Waals surface area contributed by atoms with E-state index in [2.05, 4.69) is 36.2 Å². The number of hydrogen-bond donors (Lipinski definition) is 1. The van der Waals surface area contributed by atoms with Crippen molar-refractivity contribution in [1.29, 1.82) is 0 Å². The molecule has 0 saturated carbocycles. The predicted molar refractivity (Wildman–Crippen MR) is 125 cm³/mol. The highest BCUT2D eigenvalue weighted by atomic mass is 16.7. The molecule has 3 aliphatic rings. The summed E-state index contributed by atoms with van der Waals surface area (Å²) in [6.45, 7) is 8.24. The summed E-state index contributed by atoms with van der Waals surface area (Å²) in [7, 11) is 0. The lowest BCUT2D eigenvalue weighted by Gasteiger charge is -2.31. The van der Waals surface area contributed by atoms with Crippen LogP contribution in [0, 0.1) is 19.8 Å². The first kappa shape index (κ1) is 21.8. The number of benzene rings is 2. The molecule has 33 heavy (non-hydrogen) atoms. The van der Waals surface area contributed by atoms with Gasteiger partial charge in [-0.2, -0.15) is 0 Å². The Kier molecular flexibility index (Phi) is 5.98. The van der Waals surface area contributed by atoms with Crippen LogP contribution in [0.3, 0.4) is 0 Å². The average Bonchev–Trinajstić information content (AvgIpc) is 3.47. The Morgan fingerprint density at radius 3 is 2.67 bits per heavy atom. The van der Waals surface area contributed by atoms with Crippen LogP contribution in [0.15, 0.2) is 30.3 Å². The fourth-order valence-corrected chi connectivity index (χ4v) is 5.00. The van der Waals surface area contributed by atoms with Gasteiger partial charge >= 0.3 is 0 Å². The Labute approximate surface area is 194 Å². The Hall–Kier alpha value is -3.06. The Morgan fingerprint density at radius 2 is 1.82 bits per heavy atom. The molecular formula is C26H31N3O4. The van der Waals surface area contributed by atoms with Gasteiger partial charge < -0.3 is 24.6 Å². The van der Waals surface area contributed by atoms with Gasteiger partial charge in [-0.1, -0.05) is 12.1 Å². The van der Waals surface area contributed by atoms with Crippen molar-refractivity contribution in [2.45, 2.75) is 39.7 Å². The van der Waals surface area contributed by atoms with Crippen LogP contribution in [-0.2, 0) is 22.6 Å². The van der Waals surface area contributed by atoms with Crippen molar-refractivity contribution >= 4 is 17.5 Å². The zero-order chi connectivity index (χ0) is 22.9. The molecule has 3 heterocycles. The predicted octanol–water partition coefficient (Wildman–Crippen LogP) is 3.27. The number of ether oxygens (including phenoxy) is 2. The third-order valence-corrected chi connectivity index (χ3v) is 7.07. The zero-order valence-electron chi connectivity index (χ0n) is 19.4. The molecule has 0 bridgehead atoms. The van der Waals surface area contributed by atoms with E-state index in [1.807, 2.05) is 11.0 Å². The lowest BCUT2D eigenvalue weighted by Crippen LogP contribution is -2.40. The number of carbonyl (C=O) groups excluding carboxylic acids is 2. The van der Waals surface area contributed by atoms with Crippen LogP contribution >= 0.6 is 0 Å². The van der Waals surface area contributed by atoms with Crippen LogP contribution in [-0.4, -0.2) is 54.6 Å². The average molecular weight is 450 g/mol. The number of nitrogens with one attached hydrogen (secondary N) is 1. The summed E-state index contributed by atoms with van der Waals surface area (Å²) in [6.07, 6.45) is 2.18. The van der Waals surface area contributed by atoms with E-state index in [4.69, 9.17) is 9.47 Å². The molecule has 2 amide bonds. The summed E-state index contributed by atoms with van der Waals surface area (Å²) in [5.74, 6) is 1.59. The second-order valence-corrected chi connectivity index (χ2v) is 9.37. The third kappa shape index (κ3) is 4.69. The lowest BCUT2D eigenvalue weighted by molar-refractivity contribution is -0.136. The Morgan fingerprint density at radius 1 is 1.03 bits per heavy atom.